The van der Waals surface area contributed by atoms with Crippen molar-refractivity contribution in [3.8, 4) is 5.75 Å². The zero-order valence-corrected chi connectivity index (χ0v) is 22.8. The second-order valence-electron chi connectivity index (χ2n) is 8.61. The van der Waals surface area contributed by atoms with E-state index >= 15 is 0 Å². The minimum atomic E-state index is -0.529. The molecule has 2 fully saturated rings. The number of amides is 4. The molecule has 11 heteroatoms. The van der Waals surface area contributed by atoms with Gasteiger partial charge in [0.2, 0.25) is 5.91 Å². The summed E-state index contributed by atoms with van der Waals surface area (Å²) in [6.07, 6.45) is 1.58. The molecule has 9 nitrogen and oxygen atoms in total. The summed E-state index contributed by atoms with van der Waals surface area (Å²) in [6.45, 7) is 5.50. The lowest BCUT2D eigenvalue weighted by Crippen LogP contribution is -2.43. The summed E-state index contributed by atoms with van der Waals surface area (Å²) in [6, 6.07) is 10.7. The zero-order valence-electron chi connectivity index (χ0n) is 20.4. The number of benzene rings is 2. The number of morpholine rings is 1. The Morgan fingerprint density at radius 1 is 1.14 bits per heavy atom. The molecule has 4 rings (SSSR count). The first-order chi connectivity index (χ1) is 17.7. The maximum Gasteiger partial charge on any atom is 0.294 e. The molecule has 0 bridgehead atoms. The highest BCUT2D eigenvalue weighted by molar-refractivity contribution is 9.10. The van der Waals surface area contributed by atoms with Gasteiger partial charge in [-0.15, -0.1) is 0 Å². The first kappa shape index (κ1) is 26.9. The molecule has 2 saturated heterocycles. The summed E-state index contributed by atoms with van der Waals surface area (Å²) in [5, 5.41) is 2.25. The monoisotopic (exact) mass is 587 g/mol. The number of nitrogens with zero attached hydrogens (tertiary/aromatic N) is 2. The molecule has 0 unspecified atom stereocenters. The molecule has 4 amide bonds. The number of halogens is 1. The minimum absolute atomic E-state index is 0.0962. The van der Waals surface area contributed by atoms with E-state index in [1.807, 2.05) is 26.0 Å². The smallest absolute Gasteiger partial charge is 0.294 e. The Kier molecular flexibility index (Phi) is 8.67. The third-order valence-corrected chi connectivity index (χ3v) is 7.33. The Morgan fingerprint density at radius 2 is 1.89 bits per heavy atom. The van der Waals surface area contributed by atoms with Crippen LogP contribution in [0.25, 0.3) is 6.08 Å². The lowest BCUT2D eigenvalue weighted by Gasteiger charge is -2.26. The molecule has 0 saturated carbocycles. The molecule has 0 spiro atoms. The van der Waals surface area contributed by atoms with Gasteiger partial charge in [0.25, 0.3) is 17.1 Å². The lowest BCUT2D eigenvalue weighted by atomic mass is 10.1. The molecule has 0 aliphatic carbocycles. The third-order valence-electron chi connectivity index (χ3n) is 5.80. The minimum Gasteiger partial charge on any atom is -0.483 e. The van der Waals surface area contributed by atoms with Crippen molar-refractivity contribution in [2.45, 2.75) is 13.8 Å². The van der Waals surface area contributed by atoms with E-state index in [4.69, 9.17) is 9.47 Å². The van der Waals surface area contributed by atoms with Gasteiger partial charge in [-0.3, -0.25) is 24.1 Å². The number of thioether (sulfide) groups is 1. The van der Waals surface area contributed by atoms with Crippen molar-refractivity contribution in [2.24, 2.45) is 0 Å². The number of hydrogen-bond acceptors (Lipinski definition) is 7. The van der Waals surface area contributed by atoms with E-state index in [0.717, 1.165) is 27.8 Å². The second-order valence-corrected chi connectivity index (χ2v) is 10.5. The van der Waals surface area contributed by atoms with Crippen LogP contribution in [0.3, 0.4) is 0 Å². The van der Waals surface area contributed by atoms with E-state index in [2.05, 4.69) is 21.2 Å². The molecule has 1 N–H and O–H groups in total. The van der Waals surface area contributed by atoms with Crippen LogP contribution in [0.4, 0.5) is 10.5 Å². The van der Waals surface area contributed by atoms with Crippen LogP contribution in [0.1, 0.15) is 16.7 Å². The lowest BCUT2D eigenvalue weighted by molar-refractivity contribution is -0.137. The number of ether oxygens (including phenoxy) is 2. The number of nitrogens with one attached hydrogen (secondary N) is 1. The Bertz CT molecular complexity index is 1270. The largest absolute Gasteiger partial charge is 0.483 e. The first-order valence-electron chi connectivity index (χ1n) is 11.6. The summed E-state index contributed by atoms with van der Waals surface area (Å²) >= 11 is 4.22. The molecule has 2 aromatic carbocycles. The van der Waals surface area contributed by atoms with Crippen molar-refractivity contribution >= 4 is 62.4 Å². The molecule has 194 valence electrons. The predicted molar refractivity (Wildman–Crippen MR) is 144 cm³/mol. The molecule has 2 aliphatic rings. The molecule has 0 aromatic heterocycles. The summed E-state index contributed by atoms with van der Waals surface area (Å²) in [4.78, 5) is 53.0. The van der Waals surface area contributed by atoms with Crippen molar-refractivity contribution in [2.75, 3.05) is 44.8 Å². The molecular weight excluding hydrogens is 562 g/mol. The molecule has 0 atom stereocenters. The van der Waals surface area contributed by atoms with Crippen LogP contribution < -0.4 is 10.1 Å². The number of carbonyl (C=O) groups is 4. The van der Waals surface area contributed by atoms with E-state index in [-0.39, 0.29) is 24.0 Å². The summed E-state index contributed by atoms with van der Waals surface area (Å²) in [5.41, 5.74) is 3.26. The normalized spacial score (nSPS) is 16.9. The number of hydrogen-bond donors (Lipinski definition) is 1. The highest BCUT2D eigenvalue weighted by Crippen LogP contribution is 2.34. The molecular formula is C26H26BrN3O6S. The van der Waals surface area contributed by atoms with Crippen LogP contribution >= 0.6 is 27.7 Å². The van der Waals surface area contributed by atoms with Gasteiger partial charge >= 0.3 is 0 Å². The van der Waals surface area contributed by atoms with E-state index in [0.29, 0.717) is 47.8 Å². The fourth-order valence-electron chi connectivity index (χ4n) is 3.84. The van der Waals surface area contributed by atoms with Crippen molar-refractivity contribution in [3.63, 3.8) is 0 Å². The molecule has 2 aromatic rings. The van der Waals surface area contributed by atoms with Crippen LogP contribution in [0.2, 0.25) is 0 Å². The van der Waals surface area contributed by atoms with Gasteiger partial charge in [-0.2, -0.15) is 0 Å². The van der Waals surface area contributed by atoms with Gasteiger partial charge < -0.3 is 19.7 Å². The zero-order chi connectivity index (χ0) is 26.5. The Hall–Kier alpha value is -3.15. The van der Waals surface area contributed by atoms with E-state index < -0.39 is 17.1 Å². The van der Waals surface area contributed by atoms with Crippen LogP contribution in [-0.2, 0) is 19.1 Å². The van der Waals surface area contributed by atoms with Crippen LogP contribution in [0.5, 0.6) is 5.75 Å². The van der Waals surface area contributed by atoms with Gasteiger partial charge in [-0.1, -0.05) is 23.8 Å². The number of imide groups is 1. The van der Waals surface area contributed by atoms with E-state index in [1.54, 1.807) is 35.2 Å². The Morgan fingerprint density at radius 3 is 2.59 bits per heavy atom. The number of aryl methyl sites for hydroxylation is 2. The van der Waals surface area contributed by atoms with Gasteiger partial charge in [-0.25, -0.2) is 0 Å². The van der Waals surface area contributed by atoms with Gasteiger partial charge in [0.1, 0.15) is 12.3 Å². The fourth-order valence-corrected chi connectivity index (χ4v) is 5.19. The predicted octanol–water partition coefficient (Wildman–Crippen LogP) is 3.98. The maximum absolute atomic E-state index is 12.8. The Balaban J connectivity index is 1.36. The Labute approximate surface area is 227 Å². The summed E-state index contributed by atoms with van der Waals surface area (Å²) in [5.74, 6) is -0.617. The standard InChI is InChI=1S/C26H26BrN3O6S/c1-16-3-5-20(17(2)11-16)28-23(31)14-30-25(33)22(37-26(30)34)13-18-4-6-21(19(27)12-18)36-15-24(32)29-7-9-35-10-8-29/h3-6,11-13H,7-10,14-15H2,1-2H3,(H,28,31)/b22-13-. The molecule has 2 heterocycles. The van der Waals surface area contributed by atoms with Gasteiger partial charge in [0.15, 0.2) is 6.61 Å². The highest BCUT2D eigenvalue weighted by Gasteiger charge is 2.36. The van der Waals surface area contributed by atoms with Crippen LogP contribution in [0.15, 0.2) is 45.8 Å². The van der Waals surface area contributed by atoms with Crippen LogP contribution in [-0.4, -0.2) is 72.2 Å². The van der Waals surface area contributed by atoms with E-state index in [1.165, 1.54) is 0 Å². The number of rotatable bonds is 7. The SMILES string of the molecule is Cc1ccc(NC(=O)CN2C(=O)S/C(=C\c3ccc(OCC(=O)N4CCOCC4)c(Br)c3)C2=O)c(C)c1. The quantitative estimate of drug-likeness (QED) is 0.488. The molecule has 37 heavy (non-hydrogen) atoms. The van der Waals surface area contributed by atoms with Crippen molar-refractivity contribution in [3.05, 3.63) is 62.5 Å². The molecule has 0 radical (unpaired) electrons. The van der Waals surface area contributed by atoms with Crippen molar-refractivity contribution in [1.82, 2.24) is 9.80 Å². The van der Waals surface area contributed by atoms with Gasteiger partial charge in [0.05, 0.1) is 22.6 Å². The highest BCUT2D eigenvalue weighted by atomic mass is 79.9. The average molecular weight is 588 g/mol. The summed E-state index contributed by atoms with van der Waals surface area (Å²) < 4.78 is 11.5. The van der Waals surface area contributed by atoms with Gasteiger partial charge in [-0.05, 0) is 76.9 Å². The average Bonchev–Trinajstić information content (AvgIpc) is 3.12. The van der Waals surface area contributed by atoms with Crippen LogP contribution in [0, 0.1) is 13.8 Å². The number of carbonyl (C=O) groups excluding carboxylic acids is 4. The van der Waals surface area contributed by atoms with Gasteiger partial charge in [0, 0.05) is 18.8 Å². The van der Waals surface area contributed by atoms with Crippen molar-refractivity contribution in [1.29, 1.82) is 0 Å². The first-order valence-corrected chi connectivity index (χ1v) is 13.2. The second kappa shape index (κ2) is 11.9. The summed E-state index contributed by atoms with van der Waals surface area (Å²) in [7, 11) is 0. The molecule has 2 aliphatic heterocycles. The maximum atomic E-state index is 12.8. The fraction of sp³-hybridized carbons (Fsp3) is 0.308. The third kappa shape index (κ3) is 6.79. The van der Waals surface area contributed by atoms with Crippen molar-refractivity contribution < 1.29 is 28.7 Å². The number of anilines is 1. The topological polar surface area (TPSA) is 105 Å². The van der Waals surface area contributed by atoms with E-state index in [9.17, 15) is 19.2 Å².